The van der Waals surface area contributed by atoms with Crippen molar-refractivity contribution >= 4 is 0 Å². The van der Waals surface area contributed by atoms with Crippen LogP contribution in [0.4, 0.5) is 0 Å². The van der Waals surface area contributed by atoms with E-state index in [-0.39, 0.29) is 24.7 Å². The van der Waals surface area contributed by atoms with Crippen molar-refractivity contribution in [2.45, 2.75) is 83.2 Å². The van der Waals surface area contributed by atoms with Crippen molar-refractivity contribution in [1.82, 2.24) is 0 Å². The van der Waals surface area contributed by atoms with Gasteiger partial charge in [0.15, 0.2) is 6.29 Å². The van der Waals surface area contributed by atoms with E-state index in [1.54, 1.807) is 0 Å². The van der Waals surface area contributed by atoms with Gasteiger partial charge in [0, 0.05) is 7.11 Å². The predicted octanol–water partition coefficient (Wildman–Crippen LogP) is 3.46. The molecular weight excluding hydrogens is 368 g/mol. The Hall–Kier alpha value is -1.14. The van der Waals surface area contributed by atoms with Crippen LogP contribution in [0.1, 0.15) is 63.0 Å². The van der Waals surface area contributed by atoms with Gasteiger partial charge in [-0.05, 0) is 73.5 Å². The van der Waals surface area contributed by atoms with Crippen LogP contribution in [0.2, 0.25) is 0 Å². The summed E-state index contributed by atoms with van der Waals surface area (Å²) in [7, 11) is 1.46. The van der Waals surface area contributed by atoms with Crippen molar-refractivity contribution in [2.24, 2.45) is 17.8 Å². The Labute approximate surface area is 175 Å². The number of rotatable bonds is 11. The lowest BCUT2D eigenvalue weighted by Crippen LogP contribution is -2.28. The lowest BCUT2D eigenvalue weighted by atomic mass is 9.73. The van der Waals surface area contributed by atoms with E-state index in [2.05, 4.69) is 13.0 Å². The lowest BCUT2D eigenvalue weighted by Gasteiger charge is -2.32. The Kier molecular flexibility index (Phi) is 8.36. The third kappa shape index (κ3) is 5.72. The average molecular weight is 407 g/mol. The zero-order chi connectivity index (χ0) is 20.8. The molecule has 1 saturated carbocycles. The maximum absolute atomic E-state index is 10.7. The Morgan fingerprint density at radius 2 is 1.97 bits per heavy atom. The Morgan fingerprint density at radius 1 is 1.14 bits per heavy atom. The number of benzene rings is 1. The zero-order valence-corrected chi connectivity index (χ0v) is 17.9. The van der Waals surface area contributed by atoms with Gasteiger partial charge in [0.2, 0.25) is 0 Å². The van der Waals surface area contributed by atoms with Gasteiger partial charge in [-0.1, -0.05) is 38.3 Å². The van der Waals surface area contributed by atoms with Gasteiger partial charge in [0.1, 0.15) is 12.4 Å². The number of ether oxygens (including phenoxy) is 2. The molecule has 2 aliphatic carbocycles. The van der Waals surface area contributed by atoms with Gasteiger partial charge >= 0.3 is 0 Å². The van der Waals surface area contributed by atoms with Crippen LogP contribution in [0.15, 0.2) is 18.2 Å². The molecule has 1 fully saturated rings. The summed E-state index contributed by atoms with van der Waals surface area (Å²) < 4.78 is 10.7. The van der Waals surface area contributed by atoms with E-state index in [9.17, 15) is 15.3 Å². The number of hydrogen-bond donors (Lipinski definition) is 3. The van der Waals surface area contributed by atoms with Crippen molar-refractivity contribution in [3.63, 3.8) is 0 Å². The van der Waals surface area contributed by atoms with Crippen LogP contribution in [0.5, 0.6) is 5.75 Å². The van der Waals surface area contributed by atoms with Gasteiger partial charge in [0.25, 0.3) is 0 Å². The van der Waals surface area contributed by atoms with Crippen LogP contribution in [-0.4, -0.2) is 47.5 Å². The lowest BCUT2D eigenvalue weighted by molar-refractivity contribution is -0.0969. The van der Waals surface area contributed by atoms with E-state index in [1.165, 1.54) is 31.1 Å². The first-order chi connectivity index (χ1) is 14.0. The van der Waals surface area contributed by atoms with E-state index in [0.29, 0.717) is 11.8 Å². The fourth-order valence-corrected chi connectivity index (χ4v) is 5.33. The molecule has 3 rings (SSSR count). The molecule has 1 aromatic rings. The highest BCUT2D eigenvalue weighted by Crippen LogP contribution is 2.48. The molecule has 2 aliphatic rings. The number of unbranched alkanes of at least 4 members (excludes halogenated alkanes) is 2. The molecule has 5 heteroatoms. The zero-order valence-electron chi connectivity index (χ0n) is 17.9. The van der Waals surface area contributed by atoms with Crippen LogP contribution in [-0.2, 0) is 17.6 Å². The summed E-state index contributed by atoms with van der Waals surface area (Å²) in [6, 6.07) is 6.12. The van der Waals surface area contributed by atoms with Gasteiger partial charge in [-0.2, -0.15) is 0 Å². The first-order valence-corrected chi connectivity index (χ1v) is 11.3. The minimum absolute atomic E-state index is 0.113. The summed E-state index contributed by atoms with van der Waals surface area (Å²) in [5.41, 5.74) is 2.50. The Balaban J connectivity index is 1.61. The molecule has 5 nitrogen and oxygen atoms in total. The second-order valence-electron chi connectivity index (χ2n) is 8.92. The van der Waals surface area contributed by atoms with Crippen molar-refractivity contribution < 1.29 is 24.8 Å². The Morgan fingerprint density at radius 3 is 2.72 bits per heavy atom. The average Bonchev–Trinajstić information content (AvgIpc) is 3.02. The predicted molar refractivity (Wildman–Crippen MR) is 113 cm³/mol. The van der Waals surface area contributed by atoms with Gasteiger partial charge < -0.3 is 24.8 Å². The molecule has 0 heterocycles. The molecule has 1 aromatic carbocycles. The molecule has 3 N–H and O–H groups in total. The van der Waals surface area contributed by atoms with Crippen molar-refractivity contribution in [2.75, 3.05) is 13.7 Å². The fraction of sp³-hybridized carbons (Fsp3) is 0.750. The molecule has 0 radical (unpaired) electrons. The summed E-state index contributed by atoms with van der Waals surface area (Å²) in [6.07, 6.45) is 7.26. The number of fused-ring (bicyclic) bond motifs is 2. The molecule has 6 atom stereocenters. The molecule has 29 heavy (non-hydrogen) atoms. The number of aliphatic hydroxyl groups is 3. The van der Waals surface area contributed by atoms with E-state index >= 15 is 0 Å². The first-order valence-electron chi connectivity index (χ1n) is 11.3. The summed E-state index contributed by atoms with van der Waals surface area (Å²) in [5, 5.41) is 30.7. The summed E-state index contributed by atoms with van der Waals surface area (Å²) in [4.78, 5) is 0. The molecule has 0 bridgehead atoms. The highest BCUT2D eigenvalue weighted by atomic mass is 16.6. The molecule has 0 saturated heterocycles. The van der Waals surface area contributed by atoms with Crippen molar-refractivity contribution in [1.29, 1.82) is 0 Å². The van der Waals surface area contributed by atoms with Crippen LogP contribution >= 0.6 is 0 Å². The van der Waals surface area contributed by atoms with Crippen molar-refractivity contribution in [3.05, 3.63) is 29.3 Å². The highest BCUT2D eigenvalue weighted by molar-refractivity contribution is 5.43. The Bertz CT molecular complexity index is 634. The maximum atomic E-state index is 10.7. The fourth-order valence-electron chi connectivity index (χ4n) is 5.33. The SMILES string of the molecule is CCCCC[C@H](O)CC[C@@H]1[C@H]2Cc3cccc(OCC(O)OC)c3C[C@H]2C[C@H]1O. The smallest absolute Gasteiger partial charge is 0.188 e. The number of hydrogen-bond acceptors (Lipinski definition) is 5. The second-order valence-corrected chi connectivity index (χ2v) is 8.92. The minimum atomic E-state index is -0.927. The van der Waals surface area contributed by atoms with Gasteiger partial charge in [-0.15, -0.1) is 0 Å². The van der Waals surface area contributed by atoms with E-state index < -0.39 is 6.29 Å². The molecule has 0 amide bonds. The molecular formula is C24H38O5. The molecule has 0 aliphatic heterocycles. The summed E-state index contributed by atoms with van der Waals surface area (Å²) >= 11 is 0. The molecule has 0 spiro atoms. The third-order valence-electron chi connectivity index (χ3n) is 6.97. The first kappa shape index (κ1) is 22.5. The van der Waals surface area contributed by atoms with Gasteiger partial charge in [-0.3, -0.25) is 0 Å². The number of aliphatic hydroxyl groups excluding tert-OH is 3. The van der Waals surface area contributed by atoms with Crippen LogP contribution in [0.25, 0.3) is 0 Å². The minimum Gasteiger partial charge on any atom is -0.488 e. The third-order valence-corrected chi connectivity index (χ3v) is 6.97. The monoisotopic (exact) mass is 406 g/mol. The quantitative estimate of drug-likeness (QED) is 0.387. The molecule has 0 aromatic heterocycles. The standard InChI is InChI=1S/C24H38O5/c1-3-4-5-8-18(25)10-11-19-20-12-16-7-6-9-23(29-15-24(27)28-2)21(16)13-17(20)14-22(19)26/h6-7,9,17-20,22,24-27H,3-5,8,10-15H2,1-2H3/t17-,18-,19+,20-,22+,24?/m0/s1. The van der Waals surface area contributed by atoms with Crippen molar-refractivity contribution in [3.8, 4) is 5.75 Å². The number of methoxy groups -OCH3 is 1. The van der Waals surface area contributed by atoms with Crippen LogP contribution in [0.3, 0.4) is 0 Å². The van der Waals surface area contributed by atoms with Crippen LogP contribution in [0, 0.1) is 17.8 Å². The second kappa shape index (κ2) is 10.8. The highest BCUT2D eigenvalue weighted by Gasteiger charge is 2.44. The van der Waals surface area contributed by atoms with Gasteiger partial charge in [0.05, 0.1) is 12.2 Å². The topological polar surface area (TPSA) is 79.2 Å². The van der Waals surface area contributed by atoms with E-state index in [1.807, 2.05) is 12.1 Å². The largest absolute Gasteiger partial charge is 0.488 e. The summed E-state index contributed by atoms with van der Waals surface area (Å²) in [6.45, 7) is 2.29. The molecule has 1 unspecified atom stereocenters. The van der Waals surface area contributed by atoms with E-state index in [4.69, 9.17) is 9.47 Å². The van der Waals surface area contributed by atoms with E-state index in [0.717, 1.165) is 50.7 Å². The normalized spacial score (nSPS) is 27.9. The maximum Gasteiger partial charge on any atom is 0.188 e. The molecule has 164 valence electrons. The van der Waals surface area contributed by atoms with Gasteiger partial charge in [-0.25, -0.2) is 0 Å². The summed E-state index contributed by atoms with van der Waals surface area (Å²) in [5.74, 6) is 2.02. The van der Waals surface area contributed by atoms with Crippen LogP contribution < -0.4 is 4.74 Å².